The van der Waals surface area contributed by atoms with Crippen molar-refractivity contribution in [3.63, 3.8) is 0 Å². The maximum absolute atomic E-state index is 10.2. The summed E-state index contributed by atoms with van der Waals surface area (Å²) in [5.41, 5.74) is 11.0. The van der Waals surface area contributed by atoms with Gasteiger partial charge in [0.2, 0.25) is 5.91 Å². The minimum atomic E-state index is -0.454. The Morgan fingerprint density at radius 2 is 1.56 bits per heavy atom. The van der Waals surface area contributed by atoms with Gasteiger partial charge >= 0.3 is 0 Å². The molecule has 0 aromatic carbocycles. The summed E-state index contributed by atoms with van der Waals surface area (Å²) >= 11 is 0. The molecule has 54 valence electrons. The molecule has 9 heavy (non-hydrogen) atoms. The molecule has 0 aromatic heterocycles. The van der Waals surface area contributed by atoms with Crippen molar-refractivity contribution >= 4 is 5.91 Å². The Labute approximate surface area is 54.5 Å². The highest BCUT2D eigenvalue weighted by atomic mass is 16.1. The summed E-state index contributed by atoms with van der Waals surface area (Å²) in [4.78, 5) is 10.2. The van der Waals surface area contributed by atoms with Gasteiger partial charge in [0.15, 0.2) is 0 Å². The third-order valence-electron chi connectivity index (χ3n) is 0.961. The zero-order valence-corrected chi connectivity index (χ0v) is 5.77. The van der Waals surface area contributed by atoms with E-state index >= 15 is 0 Å². The van der Waals surface area contributed by atoms with Gasteiger partial charge < -0.3 is 17.6 Å². The lowest BCUT2D eigenvalue weighted by molar-refractivity contribution is -0.114. The van der Waals surface area contributed by atoms with Crippen LogP contribution in [-0.2, 0) is 4.79 Å². The monoisotopic (exact) mass is 131 g/mol. The molecule has 0 fully saturated rings. The molecular weight excluding hydrogens is 118 g/mol. The molecule has 0 bridgehead atoms. The second-order valence-corrected chi connectivity index (χ2v) is 1.67. The van der Waals surface area contributed by atoms with Crippen LogP contribution in [0.3, 0.4) is 0 Å². The molecule has 0 aromatic rings. The topological polar surface area (TPSA) is 104 Å². The Morgan fingerprint density at radius 3 is 1.56 bits per heavy atom. The molecule has 0 atom stereocenters. The highest BCUT2D eigenvalue weighted by Crippen LogP contribution is 1.92. The number of allylic oxidation sites excluding steroid dienone is 1. The number of hydrogen-bond acceptors (Lipinski definition) is 3. The molecule has 0 aliphatic rings. The second-order valence-electron chi connectivity index (χ2n) is 1.67. The highest BCUT2D eigenvalue weighted by Gasteiger charge is 1.97. The van der Waals surface area contributed by atoms with Crippen LogP contribution in [0.4, 0.5) is 0 Å². The van der Waals surface area contributed by atoms with Crippen LogP contribution in [0.1, 0.15) is 13.8 Å². The van der Waals surface area contributed by atoms with Crippen LogP contribution in [0, 0.1) is 0 Å². The van der Waals surface area contributed by atoms with E-state index in [0.29, 0.717) is 11.3 Å². The molecule has 0 aliphatic heterocycles. The van der Waals surface area contributed by atoms with Crippen LogP contribution >= 0.6 is 0 Å². The molecule has 0 aliphatic carbocycles. The summed E-state index contributed by atoms with van der Waals surface area (Å²) in [5, 5.41) is 0. The van der Waals surface area contributed by atoms with Crippen molar-refractivity contribution in [3.8, 4) is 0 Å². The largest absolute Gasteiger partial charge is 0.402 e. The van der Waals surface area contributed by atoms with Crippen LogP contribution in [0.2, 0.25) is 0 Å². The van der Waals surface area contributed by atoms with Gasteiger partial charge in [-0.25, -0.2) is 0 Å². The first kappa shape index (κ1) is 10.9. The van der Waals surface area contributed by atoms with E-state index < -0.39 is 5.91 Å². The molecule has 7 N–H and O–H groups in total. The van der Waals surface area contributed by atoms with Gasteiger partial charge in [0, 0.05) is 11.3 Å². The molecule has 0 saturated heterocycles. The zero-order valence-electron chi connectivity index (χ0n) is 5.77. The lowest BCUT2D eigenvalue weighted by atomic mass is 10.2. The smallest absolute Gasteiger partial charge is 0.246 e. The van der Waals surface area contributed by atoms with Crippen molar-refractivity contribution in [3.05, 3.63) is 11.3 Å². The van der Waals surface area contributed by atoms with Gasteiger partial charge in [-0.15, -0.1) is 0 Å². The lowest BCUT2D eigenvalue weighted by Crippen LogP contribution is -2.15. The molecule has 0 heterocycles. The lowest BCUT2D eigenvalue weighted by Gasteiger charge is -1.94. The summed E-state index contributed by atoms with van der Waals surface area (Å²) in [7, 11) is 0. The van der Waals surface area contributed by atoms with Crippen molar-refractivity contribution in [2.24, 2.45) is 11.5 Å². The quantitative estimate of drug-likeness (QED) is 0.432. The van der Waals surface area contributed by atoms with Gasteiger partial charge in [0.05, 0.1) is 0 Å². The number of hydrogen-bond donors (Lipinski definition) is 3. The highest BCUT2D eigenvalue weighted by molar-refractivity contribution is 5.91. The molecule has 0 saturated carbocycles. The van der Waals surface area contributed by atoms with E-state index in [0.717, 1.165) is 0 Å². The minimum absolute atomic E-state index is 0. The number of nitrogens with two attached hydrogens (primary N) is 2. The molecule has 0 spiro atoms. The third kappa shape index (κ3) is 3.54. The molecular formula is C5H13N3O. The van der Waals surface area contributed by atoms with Crippen molar-refractivity contribution in [2.75, 3.05) is 0 Å². The van der Waals surface area contributed by atoms with Gasteiger partial charge in [-0.05, 0) is 13.8 Å². The summed E-state index contributed by atoms with van der Waals surface area (Å²) in [6, 6.07) is 0. The van der Waals surface area contributed by atoms with Crippen LogP contribution in [0.15, 0.2) is 11.3 Å². The first-order valence-corrected chi connectivity index (χ1v) is 2.28. The summed E-state index contributed by atoms with van der Waals surface area (Å²) < 4.78 is 0. The van der Waals surface area contributed by atoms with Gasteiger partial charge in [0.25, 0.3) is 0 Å². The number of carbonyl (C=O) groups is 1. The standard InChI is InChI=1S/C5H10N2O.H3N/c1-3(4(2)6)5(7)8;/h6H2,1-2H3,(H2,7,8);1H3/b4-3-;. The Bertz CT molecular complexity index is 135. The third-order valence-corrected chi connectivity index (χ3v) is 0.961. The molecule has 0 radical (unpaired) electrons. The predicted molar refractivity (Wildman–Crippen MR) is 36.8 cm³/mol. The van der Waals surface area contributed by atoms with Crippen LogP contribution in [-0.4, -0.2) is 5.91 Å². The van der Waals surface area contributed by atoms with Crippen molar-refractivity contribution < 1.29 is 4.79 Å². The fourth-order valence-electron chi connectivity index (χ4n) is 0.194. The number of amides is 1. The van der Waals surface area contributed by atoms with E-state index in [1.807, 2.05) is 0 Å². The molecule has 0 unspecified atom stereocenters. The maximum atomic E-state index is 10.2. The Balaban J connectivity index is 0. The first-order valence-electron chi connectivity index (χ1n) is 2.28. The molecule has 1 amide bonds. The minimum Gasteiger partial charge on any atom is -0.402 e. The first-order chi connectivity index (χ1) is 3.55. The Hall–Kier alpha value is -1.03. The summed E-state index contributed by atoms with van der Waals surface area (Å²) in [5.74, 6) is -0.454. The molecule has 4 nitrogen and oxygen atoms in total. The predicted octanol–water partition coefficient (Wildman–Crippen LogP) is -0.114. The van der Waals surface area contributed by atoms with E-state index in [2.05, 4.69) is 0 Å². The fraction of sp³-hybridized carbons (Fsp3) is 0.400. The number of carbonyl (C=O) groups excluding carboxylic acids is 1. The zero-order chi connectivity index (χ0) is 6.73. The van der Waals surface area contributed by atoms with E-state index in [1.165, 1.54) is 0 Å². The van der Waals surface area contributed by atoms with Gasteiger partial charge in [-0.2, -0.15) is 0 Å². The van der Waals surface area contributed by atoms with Crippen LogP contribution < -0.4 is 17.6 Å². The Morgan fingerprint density at radius 1 is 1.22 bits per heavy atom. The molecule has 0 rings (SSSR count). The summed E-state index contributed by atoms with van der Waals surface area (Å²) in [6.07, 6.45) is 0. The van der Waals surface area contributed by atoms with Crippen molar-refractivity contribution in [1.82, 2.24) is 6.15 Å². The Kier molecular flexibility index (Phi) is 4.72. The van der Waals surface area contributed by atoms with E-state index in [1.54, 1.807) is 13.8 Å². The van der Waals surface area contributed by atoms with E-state index in [4.69, 9.17) is 11.5 Å². The number of primary amides is 1. The van der Waals surface area contributed by atoms with Gasteiger partial charge in [0.1, 0.15) is 0 Å². The van der Waals surface area contributed by atoms with Crippen LogP contribution in [0.5, 0.6) is 0 Å². The SMILES string of the molecule is C/C(N)=C(\C)C(N)=O.N. The molecule has 4 heteroatoms. The van der Waals surface area contributed by atoms with Crippen LogP contribution in [0.25, 0.3) is 0 Å². The van der Waals surface area contributed by atoms with Gasteiger partial charge in [-0.3, -0.25) is 4.79 Å². The maximum Gasteiger partial charge on any atom is 0.246 e. The normalized spacial score (nSPS) is 11.3. The second kappa shape index (κ2) is 3.91. The van der Waals surface area contributed by atoms with Crippen molar-refractivity contribution in [2.45, 2.75) is 13.8 Å². The summed E-state index contributed by atoms with van der Waals surface area (Å²) in [6.45, 7) is 3.23. The average molecular weight is 131 g/mol. The van der Waals surface area contributed by atoms with Crippen molar-refractivity contribution in [1.29, 1.82) is 0 Å². The fourth-order valence-corrected chi connectivity index (χ4v) is 0.194. The average Bonchev–Trinajstić information content (AvgIpc) is 1.64. The number of rotatable bonds is 1. The van der Waals surface area contributed by atoms with Gasteiger partial charge in [-0.1, -0.05) is 0 Å². The van der Waals surface area contributed by atoms with E-state index in [-0.39, 0.29) is 6.15 Å². The van der Waals surface area contributed by atoms with E-state index in [9.17, 15) is 4.79 Å².